The monoisotopic (exact) mass is 465 g/mol. The normalized spacial score (nSPS) is 18.3. The largest absolute Gasteiger partial charge is 0.438 e. The number of nitrogens with one attached hydrogen (secondary N) is 1. The first kappa shape index (κ1) is 20.3. The summed E-state index contributed by atoms with van der Waals surface area (Å²) in [5, 5.41) is 8.77. The van der Waals surface area contributed by atoms with Gasteiger partial charge in [0.15, 0.2) is 9.84 Å². The minimum absolute atomic E-state index is 0.0488. The number of hydrogen-bond donors (Lipinski definition) is 1. The maximum atomic E-state index is 13.6. The summed E-state index contributed by atoms with van der Waals surface area (Å²) in [6.07, 6.45) is 6.34. The van der Waals surface area contributed by atoms with Gasteiger partial charge >= 0.3 is 0 Å². The standard InChI is InChI=1S/C23H20FN5O3S/c24-16-5-3-14(4-6-16)21-19(10-29(28-21)17-11-33(30,31)12-17)22-18-8-20(15-2-1-7-25-9-15)32-23(18)27-13-26-22/h2-6,8,10,13,17,25H,1,7,9,11-12H2. The zero-order chi connectivity index (χ0) is 22.6. The third-order valence-corrected chi connectivity index (χ3v) is 7.83. The van der Waals surface area contributed by atoms with E-state index in [0.29, 0.717) is 28.2 Å². The molecule has 1 saturated heterocycles. The van der Waals surface area contributed by atoms with Crippen LogP contribution in [0, 0.1) is 5.82 Å². The fourth-order valence-corrected chi connectivity index (χ4v) is 5.70. The summed E-state index contributed by atoms with van der Waals surface area (Å²) in [6, 6.07) is 7.75. The Bertz CT molecular complexity index is 1490. The zero-order valence-electron chi connectivity index (χ0n) is 17.5. The van der Waals surface area contributed by atoms with Crippen molar-refractivity contribution in [2.24, 2.45) is 0 Å². The van der Waals surface area contributed by atoms with Crippen LogP contribution in [-0.4, -0.2) is 52.8 Å². The topological polar surface area (TPSA) is 103 Å². The van der Waals surface area contributed by atoms with Gasteiger partial charge in [-0.3, -0.25) is 4.68 Å². The van der Waals surface area contributed by atoms with Gasteiger partial charge in [-0.1, -0.05) is 6.08 Å². The Morgan fingerprint density at radius 1 is 1.12 bits per heavy atom. The molecule has 2 aliphatic rings. The Morgan fingerprint density at radius 2 is 1.94 bits per heavy atom. The number of rotatable bonds is 4. The van der Waals surface area contributed by atoms with Crippen molar-refractivity contribution in [3.8, 4) is 22.5 Å². The van der Waals surface area contributed by atoms with E-state index < -0.39 is 9.84 Å². The number of furan rings is 1. The summed E-state index contributed by atoms with van der Waals surface area (Å²) in [6.45, 7) is 1.66. The van der Waals surface area contributed by atoms with Crippen LogP contribution >= 0.6 is 0 Å². The number of nitrogens with zero attached hydrogens (tertiary/aromatic N) is 4. The van der Waals surface area contributed by atoms with E-state index in [1.807, 2.05) is 12.3 Å². The Labute approximate surface area is 189 Å². The van der Waals surface area contributed by atoms with Crippen LogP contribution < -0.4 is 5.32 Å². The average molecular weight is 466 g/mol. The van der Waals surface area contributed by atoms with Crippen molar-refractivity contribution < 1.29 is 17.2 Å². The molecular formula is C23H20FN5O3S. The molecule has 4 aromatic rings. The predicted molar refractivity (Wildman–Crippen MR) is 122 cm³/mol. The number of benzene rings is 1. The molecule has 5 heterocycles. The quantitative estimate of drug-likeness (QED) is 0.494. The molecule has 1 fully saturated rings. The highest BCUT2D eigenvalue weighted by atomic mass is 32.2. The van der Waals surface area contributed by atoms with Gasteiger partial charge in [0.05, 0.1) is 28.6 Å². The Morgan fingerprint density at radius 3 is 2.67 bits per heavy atom. The fourth-order valence-electron chi connectivity index (χ4n) is 4.32. The second-order valence-corrected chi connectivity index (χ2v) is 10.5. The highest BCUT2D eigenvalue weighted by Crippen LogP contribution is 2.37. The van der Waals surface area contributed by atoms with E-state index in [1.54, 1.807) is 16.8 Å². The molecule has 0 spiro atoms. The molecule has 168 valence electrons. The van der Waals surface area contributed by atoms with Gasteiger partial charge in [0.1, 0.15) is 23.6 Å². The number of hydrogen-bond acceptors (Lipinski definition) is 7. The molecule has 0 radical (unpaired) electrons. The van der Waals surface area contributed by atoms with Gasteiger partial charge in [0, 0.05) is 29.4 Å². The van der Waals surface area contributed by atoms with Crippen LogP contribution in [0.1, 0.15) is 18.2 Å². The summed E-state index contributed by atoms with van der Waals surface area (Å²) >= 11 is 0. The van der Waals surface area contributed by atoms with Crippen LogP contribution in [0.4, 0.5) is 4.39 Å². The molecule has 0 unspecified atom stereocenters. The molecule has 1 N–H and O–H groups in total. The van der Waals surface area contributed by atoms with Gasteiger partial charge in [0.25, 0.3) is 0 Å². The maximum absolute atomic E-state index is 13.6. The third-order valence-electron chi connectivity index (χ3n) is 6.04. The van der Waals surface area contributed by atoms with Crippen molar-refractivity contribution >= 4 is 26.5 Å². The van der Waals surface area contributed by atoms with Gasteiger partial charge in [-0.05, 0) is 43.3 Å². The highest BCUT2D eigenvalue weighted by Gasteiger charge is 2.36. The van der Waals surface area contributed by atoms with E-state index in [0.717, 1.165) is 36.2 Å². The molecule has 1 aromatic carbocycles. The molecule has 3 aromatic heterocycles. The minimum atomic E-state index is -3.02. The number of halogens is 1. The Balaban J connectivity index is 1.50. The number of fused-ring (bicyclic) bond motifs is 1. The Kier molecular flexibility index (Phi) is 4.66. The molecule has 0 saturated carbocycles. The van der Waals surface area contributed by atoms with E-state index in [4.69, 9.17) is 9.52 Å². The van der Waals surface area contributed by atoms with Crippen molar-refractivity contribution in [2.45, 2.75) is 12.5 Å². The van der Waals surface area contributed by atoms with Crippen molar-refractivity contribution in [1.29, 1.82) is 0 Å². The molecule has 10 heteroatoms. The minimum Gasteiger partial charge on any atom is -0.438 e. The third kappa shape index (κ3) is 3.65. The lowest BCUT2D eigenvalue weighted by atomic mass is 10.0. The van der Waals surface area contributed by atoms with Crippen LogP contribution in [0.25, 0.3) is 39.2 Å². The first-order valence-electron chi connectivity index (χ1n) is 10.7. The number of sulfone groups is 1. The van der Waals surface area contributed by atoms with Crippen LogP contribution in [0.2, 0.25) is 0 Å². The van der Waals surface area contributed by atoms with Crippen LogP contribution in [0.3, 0.4) is 0 Å². The maximum Gasteiger partial charge on any atom is 0.230 e. The van der Waals surface area contributed by atoms with E-state index in [9.17, 15) is 12.8 Å². The second-order valence-electron chi connectivity index (χ2n) is 8.36. The number of aromatic nitrogens is 4. The van der Waals surface area contributed by atoms with Gasteiger partial charge < -0.3 is 9.73 Å². The summed E-state index contributed by atoms with van der Waals surface area (Å²) in [5.74, 6) is 0.489. The van der Waals surface area contributed by atoms with Crippen LogP contribution in [-0.2, 0) is 9.84 Å². The van der Waals surface area contributed by atoms with Crippen molar-refractivity contribution in [3.05, 3.63) is 60.5 Å². The van der Waals surface area contributed by atoms with E-state index in [2.05, 4.69) is 21.4 Å². The molecule has 6 rings (SSSR count). The lowest BCUT2D eigenvalue weighted by Crippen LogP contribution is -2.38. The van der Waals surface area contributed by atoms with Crippen LogP contribution in [0.15, 0.2) is 53.3 Å². The van der Waals surface area contributed by atoms with Gasteiger partial charge in [-0.2, -0.15) is 5.10 Å². The van der Waals surface area contributed by atoms with Gasteiger partial charge in [-0.15, -0.1) is 0 Å². The summed E-state index contributed by atoms with van der Waals surface area (Å²) in [7, 11) is -3.02. The van der Waals surface area contributed by atoms with Crippen molar-refractivity contribution in [3.63, 3.8) is 0 Å². The molecule has 0 amide bonds. The molecule has 0 atom stereocenters. The molecular weight excluding hydrogens is 445 g/mol. The molecule has 0 bridgehead atoms. The zero-order valence-corrected chi connectivity index (χ0v) is 18.3. The predicted octanol–water partition coefficient (Wildman–Crippen LogP) is 3.24. The average Bonchev–Trinajstić information content (AvgIpc) is 3.43. The van der Waals surface area contributed by atoms with E-state index in [-0.39, 0.29) is 23.4 Å². The lowest BCUT2D eigenvalue weighted by Gasteiger charge is -2.25. The second kappa shape index (κ2) is 7.60. The van der Waals surface area contributed by atoms with E-state index >= 15 is 0 Å². The van der Waals surface area contributed by atoms with Crippen molar-refractivity contribution in [1.82, 2.24) is 25.1 Å². The van der Waals surface area contributed by atoms with E-state index in [1.165, 1.54) is 18.5 Å². The fraction of sp³-hybridized carbons (Fsp3) is 0.261. The molecule has 33 heavy (non-hydrogen) atoms. The summed E-state index contributed by atoms with van der Waals surface area (Å²) < 4.78 is 44.8. The summed E-state index contributed by atoms with van der Waals surface area (Å²) in [4.78, 5) is 8.84. The smallest absolute Gasteiger partial charge is 0.230 e. The van der Waals surface area contributed by atoms with Gasteiger partial charge in [0.2, 0.25) is 5.71 Å². The SMILES string of the molecule is O=S1(=O)CC(n2cc(-c3ncnc4oc(C5=CCCNC5)cc34)c(-c3ccc(F)cc3)n2)C1. The first-order valence-corrected chi connectivity index (χ1v) is 12.5. The lowest BCUT2D eigenvalue weighted by molar-refractivity contribution is 0.474. The molecule has 8 nitrogen and oxygen atoms in total. The summed E-state index contributed by atoms with van der Waals surface area (Å²) in [5.41, 5.74) is 4.18. The van der Waals surface area contributed by atoms with Gasteiger partial charge in [-0.25, -0.2) is 22.8 Å². The highest BCUT2D eigenvalue weighted by molar-refractivity contribution is 7.92. The van der Waals surface area contributed by atoms with Crippen molar-refractivity contribution in [2.75, 3.05) is 24.6 Å². The molecule has 0 aliphatic carbocycles. The first-order chi connectivity index (χ1) is 16.0. The van der Waals surface area contributed by atoms with Crippen LogP contribution in [0.5, 0.6) is 0 Å². The Hall–Kier alpha value is -3.37. The molecule has 2 aliphatic heterocycles.